The van der Waals surface area contributed by atoms with Crippen LogP contribution >= 0.6 is 0 Å². The van der Waals surface area contributed by atoms with Crippen molar-refractivity contribution in [2.75, 3.05) is 47.3 Å². The van der Waals surface area contributed by atoms with E-state index in [4.69, 9.17) is 0 Å². The van der Waals surface area contributed by atoms with Crippen molar-refractivity contribution in [3.05, 3.63) is 0 Å². The molecule has 0 saturated carbocycles. The van der Waals surface area contributed by atoms with Crippen molar-refractivity contribution in [1.82, 2.24) is 15.1 Å². The summed E-state index contributed by atoms with van der Waals surface area (Å²) in [5, 5.41) is 3.55. The maximum absolute atomic E-state index is 3.55. The highest BCUT2D eigenvalue weighted by molar-refractivity contribution is 4.62. The van der Waals surface area contributed by atoms with Gasteiger partial charge in [0.05, 0.1) is 0 Å². The maximum Gasteiger partial charge on any atom is 0.0107 e. The topological polar surface area (TPSA) is 18.5 Å². The van der Waals surface area contributed by atoms with Crippen LogP contribution in [0.15, 0.2) is 0 Å². The highest BCUT2D eigenvalue weighted by atomic mass is 15.2. The van der Waals surface area contributed by atoms with Crippen molar-refractivity contribution >= 4 is 0 Å². The third-order valence-electron chi connectivity index (χ3n) is 2.64. The van der Waals surface area contributed by atoms with Crippen molar-refractivity contribution in [2.45, 2.75) is 32.7 Å². The molecule has 3 nitrogen and oxygen atoms in total. The van der Waals surface area contributed by atoms with Gasteiger partial charge >= 0.3 is 0 Å². The first kappa shape index (κ1) is 14.9. The molecule has 1 unspecified atom stereocenters. The zero-order valence-corrected chi connectivity index (χ0v) is 11.2. The lowest BCUT2D eigenvalue weighted by atomic mass is 10.2. The fourth-order valence-corrected chi connectivity index (χ4v) is 1.52. The molecule has 0 aromatic heterocycles. The lowest BCUT2D eigenvalue weighted by molar-refractivity contribution is 0.278. The molecule has 92 valence electrons. The Balaban J connectivity index is 3.34. The first-order valence-corrected chi connectivity index (χ1v) is 6.13. The molecule has 0 aliphatic carbocycles. The Bertz CT molecular complexity index is 137. The third-order valence-corrected chi connectivity index (χ3v) is 2.64. The number of likely N-dealkylation sites (N-methyl/N-ethyl adjacent to an activating group) is 2. The highest BCUT2D eigenvalue weighted by Crippen LogP contribution is 1.93. The van der Waals surface area contributed by atoms with E-state index in [1.165, 1.54) is 12.8 Å². The van der Waals surface area contributed by atoms with E-state index in [2.05, 4.69) is 50.1 Å². The number of nitrogens with zero attached hydrogens (tertiary/aromatic N) is 2. The second-order valence-corrected chi connectivity index (χ2v) is 4.75. The van der Waals surface area contributed by atoms with E-state index in [0.29, 0.717) is 6.04 Å². The van der Waals surface area contributed by atoms with Crippen LogP contribution in [0.4, 0.5) is 0 Å². The quantitative estimate of drug-likeness (QED) is 0.625. The zero-order chi connectivity index (χ0) is 11.7. The van der Waals surface area contributed by atoms with Crippen LogP contribution in [0.2, 0.25) is 0 Å². The van der Waals surface area contributed by atoms with Crippen molar-refractivity contribution in [1.29, 1.82) is 0 Å². The first-order chi connectivity index (χ1) is 7.06. The molecular weight excluding hydrogens is 186 g/mol. The Labute approximate surface area is 95.8 Å². The molecule has 0 amide bonds. The Morgan fingerprint density at radius 3 is 2.27 bits per heavy atom. The fraction of sp³-hybridized carbons (Fsp3) is 1.00. The summed E-state index contributed by atoms with van der Waals surface area (Å²) in [6.45, 7) is 9.04. The molecule has 0 aromatic carbocycles. The van der Waals surface area contributed by atoms with Gasteiger partial charge < -0.3 is 15.1 Å². The van der Waals surface area contributed by atoms with Gasteiger partial charge in [-0.1, -0.05) is 13.3 Å². The molecule has 15 heavy (non-hydrogen) atoms. The van der Waals surface area contributed by atoms with Gasteiger partial charge in [-0.2, -0.15) is 0 Å². The summed E-state index contributed by atoms with van der Waals surface area (Å²) >= 11 is 0. The minimum atomic E-state index is 0.664. The second-order valence-electron chi connectivity index (χ2n) is 4.75. The van der Waals surface area contributed by atoms with E-state index < -0.39 is 0 Å². The molecule has 0 bridgehead atoms. The van der Waals surface area contributed by atoms with Crippen LogP contribution < -0.4 is 5.32 Å². The van der Waals surface area contributed by atoms with Crippen molar-refractivity contribution in [3.8, 4) is 0 Å². The molecule has 0 aliphatic heterocycles. The standard InChI is InChI=1S/C12H29N3/c1-6-7-12(2)13-8-9-15(5)11-10-14(3)4/h12-13H,6-11H2,1-5H3. The zero-order valence-electron chi connectivity index (χ0n) is 11.2. The molecule has 0 rings (SSSR count). The van der Waals surface area contributed by atoms with E-state index >= 15 is 0 Å². The first-order valence-electron chi connectivity index (χ1n) is 6.13. The maximum atomic E-state index is 3.55. The van der Waals surface area contributed by atoms with Gasteiger partial charge in [0.1, 0.15) is 0 Å². The summed E-state index contributed by atoms with van der Waals surface area (Å²) in [4.78, 5) is 4.61. The summed E-state index contributed by atoms with van der Waals surface area (Å²) in [7, 11) is 6.43. The predicted octanol–water partition coefficient (Wildman–Crippen LogP) is 1.26. The molecule has 0 fully saturated rings. The highest BCUT2D eigenvalue weighted by Gasteiger charge is 2.01. The molecule has 1 atom stereocenters. The number of rotatable bonds is 9. The van der Waals surface area contributed by atoms with Crippen LogP contribution in [0.25, 0.3) is 0 Å². The number of hydrogen-bond acceptors (Lipinski definition) is 3. The van der Waals surface area contributed by atoms with Gasteiger partial charge in [0.25, 0.3) is 0 Å². The summed E-state index contributed by atoms with van der Waals surface area (Å²) in [5.74, 6) is 0. The van der Waals surface area contributed by atoms with Gasteiger partial charge in [0.15, 0.2) is 0 Å². The second kappa shape index (κ2) is 9.13. The van der Waals surface area contributed by atoms with Crippen molar-refractivity contribution in [3.63, 3.8) is 0 Å². The Morgan fingerprint density at radius 2 is 1.73 bits per heavy atom. The lowest BCUT2D eigenvalue weighted by Crippen LogP contribution is -2.36. The van der Waals surface area contributed by atoms with Crippen LogP contribution in [0, 0.1) is 0 Å². The van der Waals surface area contributed by atoms with E-state index in [-0.39, 0.29) is 0 Å². The largest absolute Gasteiger partial charge is 0.313 e. The summed E-state index contributed by atoms with van der Waals surface area (Å²) < 4.78 is 0. The molecule has 0 radical (unpaired) electrons. The van der Waals surface area contributed by atoms with Crippen LogP contribution in [0.1, 0.15) is 26.7 Å². The van der Waals surface area contributed by atoms with E-state index in [1.807, 2.05) is 0 Å². The Hall–Kier alpha value is -0.120. The van der Waals surface area contributed by atoms with Gasteiger partial charge in [-0.15, -0.1) is 0 Å². The molecule has 0 saturated heterocycles. The fourth-order valence-electron chi connectivity index (χ4n) is 1.52. The van der Waals surface area contributed by atoms with E-state index in [0.717, 1.165) is 26.2 Å². The minimum absolute atomic E-state index is 0.664. The smallest absolute Gasteiger partial charge is 0.0107 e. The van der Waals surface area contributed by atoms with Gasteiger partial charge in [0.2, 0.25) is 0 Å². The van der Waals surface area contributed by atoms with Crippen LogP contribution in [0.5, 0.6) is 0 Å². The lowest BCUT2D eigenvalue weighted by Gasteiger charge is -2.20. The minimum Gasteiger partial charge on any atom is -0.313 e. The van der Waals surface area contributed by atoms with Crippen LogP contribution in [-0.4, -0.2) is 63.2 Å². The molecule has 0 heterocycles. The Morgan fingerprint density at radius 1 is 1.07 bits per heavy atom. The SMILES string of the molecule is CCCC(C)NCCN(C)CCN(C)C. The van der Waals surface area contributed by atoms with Gasteiger partial charge in [0, 0.05) is 32.2 Å². The molecule has 3 heteroatoms. The van der Waals surface area contributed by atoms with Crippen LogP contribution in [0.3, 0.4) is 0 Å². The normalized spacial score (nSPS) is 13.8. The molecule has 1 N–H and O–H groups in total. The predicted molar refractivity (Wildman–Crippen MR) is 68.4 cm³/mol. The third kappa shape index (κ3) is 10.2. The Kier molecular flexibility index (Phi) is 9.06. The summed E-state index contributed by atoms with van der Waals surface area (Å²) in [6, 6.07) is 0.664. The van der Waals surface area contributed by atoms with Crippen molar-refractivity contribution in [2.24, 2.45) is 0 Å². The monoisotopic (exact) mass is 215 g/mol. The van der Waals surface area contributed by atoms with Gasteiger partial charge in [-0.05, 0) is 34.5 Å². The average molecular weight is 215 g/mol. The molecule has 0 aliphatic rings. The number of nitrogens with one attached hydrogen (secondary N) is 1. The molecular formula is C12H29N3. The van der Waals surface area contributed by atoms with Gasteiger partial charge in [-0.25, -0.2) is 0 Å². The average Bonchev–Trinajstić information content (AvgIpc) is 2.15. The summed E-state index contributed by atoms with van der Waals surface area (Å²) in [5.41, 5.74) is 0. The van der Waals surface area contributed by atoms with Crippen molar-refractivity contribution < 1.29 is 0 Å². The van der Waals surface area contributed by atoms with E-state index in [9.17, 15) is 0 Å². The molecule has 0 aromatic rings. The summed E-state index contributed by atoms with van der Waals surface area (Å²) in [6.07, 6.45) is 2.55. The number of hydrogen-bond donors (Lipinski definition) is 1. The van der Waals surface area contributed by atoms with Crippen LogP contribution in [-0.2, 0) is 0 Å². The molecule has 0 spiro atoms. The van der Waals surface area contributed by atoms with Gasteiger partial charge in [-0.3, -0.25) is 0 Å². The van der Waals surface area contributed by atoms with E-state index in [1.54, 1.807) is 0 Å².